The lowest BCUT2D eigenvalue weighted by atomic mass is 10.3. The van der Waals surface area contributed by atoms with Crippen molar-refractivity contribution in [2.24, 2.45) is 4.99 Å². The van der Waals surface area contributed by atoms with Crippen LogP contribution in [0.4, 0.5) is 0 Å². The first-order valence-electron chi connectivity index (χ1n) is 7.15. The van der Waals surface area contributed by atoms with Gasteiger partial charge >= 0.3 is 5.97 Å². The topological polar surface area (TPSA) is 75.6 Å². The number of aliphatic imine (C=N–C) groups is 1. The molecule has 0 aliphatic carbocycles. The number of guanidine groups is 1. The van der Waals surface area contributed by atoms with Crippen LogP contribution in [0.5, 0.6) is 0 Å². The molecule has 0 aromatic carbocycles. The molecule has 0 radical (unpaired) electrons. The third-order valence-corrected chi connectivity index (χ3v) is 4.08. The van der Waals surface area contributed by atoms with Gasteiger partial charge in [-0.2, -0.15) is 0 Å². The summed E-state index contributed by atoms with van der Waals surface area (Å²) in [5.41, 5.74) is 0.707. The van der Waals surface area contributed by atoms with E-state index in [1.165, 1.54) is 11.3 Å². The molecule has 0 saturated carbocycles. The lowest BCUT2D eigenvalue weighted by Crippen LogP contribution is -2.38. The fraction of sp³-hybridized carbons (Fsp3) is 0.643. The summed E-state index contributed by atoms with van der Waals surface area (Å²) in [6.07, 6.45) is 1.03. The Labute approximate surface area is 153 Å². The Kier molecular flexibility index (Phi) is 10.3. The summed E-state index contributed by atoms with van der Waals surface area (Å²) in [5, 5.41) is 7.31. The number of thiazole rings is 1. The summed E-state index contributed by atoms with van der Waals surface area (Å²) in [6, 6.07) is -0.0278. The number of carbonyl (C=O) groups excluding carboxylic acids is 1. The number of aryl methyl sites for hydroxylation is 1. The first-order chi connectivity index (χ1) is 10.0. The van der Waals surface area contributed by atoms with Crippen LogP contribution in [-0.2, 0) is 4.74 Å². The number of halogens is 1. The van der Waals surface area contributed by atoms with Gasteiger partial charge in [-0.25, -0.2) is 9.78 Å². The van der Waals surface area contributed by atoms with Crippen LogP contribution in [0.1, 0.15) is 53.6 Å². The summed E-state index contributed by atoms with van der Waals surface area (Å²) in [4.78, 5) is 21.0. The van der Waals surface area contributed by atoms with Crippen molar-refractivity contribution in [1.82, 2.24) is 15.6 Å². The number of esters is 1. The van der Waals surface area contributed by atoms with Gasteiger partial charge in [-0.1, -0.05) is 6.92 Å². The third kappa shape index (κ3) is 6.07. The molecular weight excluding hydrogens is 415 g/mol. The molecule has 1 aromatic rings. The van der Waals surface area contributed by atoms with Gasteiger partial charge in [-0.3, -0.25) is 4.99 Å². The number of nitrogens with one attached hydrogen (secondary N) is 2. The van der Waals surface area contributed by atoms with Crippen molar-refractivity contribution in [3.8, 4) is 0 Å². The largest absolute Gasteiger partial charge is 0.462 e. The second kappa shape index (κ2) is 10.8. The fourth-order valence-corrected chi connectivity index (χ4v) is 2.66. The van der Waals surface area contributed by atoms with E-state index in [1.807, 2.05) is 13.8 Å². The Morgan fingerprint density at radius 1 is 1.45 bits per heavy atom. The Balaban J connectivity index is 0.00000441. The minimum Gasteiger partial charge on any atom is -0.462 e. The Bertz CT molecular complexity index is 505. The van der Waals surface area contributed by atoms with E-state index in [1.54, 1.807) is 14.0 Å². The van der Waals surface area contributed by atoms with Gasteiger partial charge in [-0.15, -0.1) is 35.3 Å². The average Bonchev–Trinajstić information content (AvgIpc) is 2.85. The molecule has 2 N–H and O–H groups in total. The molecule has 0 bridgehead atoms. The number of nitrogens with zero attached hydrogens (tertiary/aromatic N) is 2. The van der Waals surface area contributed by atoms with Crippen LogP contribution in [0.3, 0.4) is 0 Å². The quantitative estimate of drug-likeness (QED) is 0.308. The molecule has 8 heteroatoms. The second-order valence-electron chi connectivity index (χ2n) is 4.55. The number of hydrogen-bond donors (Lipinski definition) is 2. The Hall–Kier alpha value is -0.900. The maximum atomic E-state index is 11.8. The van der Waals surface area contributed by atoms with Gasteiger partial charge in [-0.05, 0) is 27.2 Å². The van der Waals surface area contributed by atoms with Crippen LogP contribution in [0, 0.1) is 6.92 Å². The molecule has 126 valence electrons. The monoisotopic (exact) mass is 440 g/mol. The molecule has 1 heterocycles. The maximum Gasteiger partial charge on any atom is 0.350 e. The van der Waals surface area contributed by atoms with E-state index in [2.05, 4.69) is 27.5 Å². The smallest absolute Gasteiger partial charge is 0.350 e. The molecule has 0 aliphatic rings. The molecule has 0 aliphatic heterocycles. The fourth-order valence-electron chi connectivity index (χ4n) is 1.69. The number of carbonyl (C=O) groups is 1. The first-order valence-corrected chi connectivity index (χ1v) is 7.96. The molecule has 0 amide bonds. The van der Waals surface area contributed by atoms with Gasteiger partial charge in [0, 0.05) is 13.6 Å². The molecule has 1 atom stereocenters. The number of aromatic nitrogens is 1. The predicted octanol–water partition coefficient (Wildman–Crippen LogP) is 2.88. The highest BCUT2D eigenvalue weighted by Gasteiger charge is 2.19. The summed E-state index contributed by atoms with van der Waals surface area (Å²) >= 11 is 1.36. The van der Waals surface area contributed by atoms with Crippen LogP contribution in [0.15, 0.2) is 4.99 Å². The van der Waals surface area contributed by atoms with Gasteiger partial charge in [0.15, 0.2) is 5.96 Å². The van der Waals surface area contributed by atoms with Crippen LogP contribution in [0.2, 0.25) is 0 Å². The van der Waals surface area contributed by atoms with E-state index in [9.17, 15) is 4.79 Å². The molecule has 1 rings (SSSR count). The minimum atomic E-state index is -0.306. The minimum absolute atomic E-state index is 0. The summed E-state index contributed by atoms with van der Waals surface area (Å²) < 4.78 is 5.03. The van der Waals surface area contributed by atoms with Gasteiger partial charge < -0.3 is 15.4 Å². The second-order valence-corrected chi connectivity index (χ2v) is 5.58. The molecular formula is C14H25IN4O2S. The lowest BCUT2D eigenvalue weighted by molar-refractivity contribution is 0.0531. The van der Waals surface area contributed by atoms with Crippen LogP contribution in [-0.4, -0.2) is 37.1 Å². The number of ether oxygens (including phenoxy) is 1. The molecule has 1 aromatic heterocycles. The zero-order valence-corrected chi connectivity index (χ0v) is 16.9. The standard InChI is InChI=1S/C14H24N4O2S.HI/c1-6-8-16-14(15-5)18-10(4)12-17-9(3)11(21-12)13(19)20-7-2;/h10H,6-8H2,1-5H3,(H2,15,16,18);1H. The maximum absolute atomic E-state index is 11.8. The predicted molar refractivity (Wildman–Crippen MR) is 101 cm³/mol. The molecule has 6 nitrogen and oxygen atoms in total. The van der Waals surface area contributed by atoms with Crippen molar-refractivity contribution in [3.05, 3.63) is 15.6 Å². The third-order valence-electron chi connectivity index (χ3n) is 2.76. The van der Waals surface area contributed by atoms with E-state index in [4.69, 9.17) is 4.74 Å². The van der Waals surface area contributed by atoms with E-state index < -0.39 is 0 Å². The van der Waals surface area contributed by atoms with E-state index in [0.717, 1.165) is 23.9 Å². The van der Waals surface area contributed by atoms with Gasteiger partial charge in [0.25, 0.3) is 0 Å². The average molecular weight is 440 g/mol. The highest BCUT2D eigenvalue weighted by atomic mass is 127. The molecule has 0 saturated heterocycles. The van der Waals surface area contributed by atoms with Crippen molar-refractivity contribution in [1.29, 1.82) is 0 Å². The van der Waals surface area contributed by atoms with Crippen molar-refractivity contribution in [3.63, 3.8) is 0 Å². The Morgan fingerprint density at radius 2 is 2.14 bits per heavy atom. The van der Waals surface area contributed by atoms with Crippen LogP contribution in [0.25, 0.3) is 0 Å². The number of rotatable bonds is 6. The van der Waals surface area contributed by atoms with Crippen LogP contribution >= 0.6 is 35.3 Å². The van der Waals surface area contributed by atoms with Gasteiger partial charge in [0.2, 0.25) is 0 Å². The van der Waals surface area contributed by atoms with E-state index in [0.29, 0.717) is 17.2 Å². The van der Waals surface area contributed by atoms with Gasteiger partial charge in [0.1, 0.15) is 9.88 Å². The zero-order valence-electron chi connectivity index (χ0n) is 13.7. The lowest BCUT2D eigenvalue weighted by Gasteiger charge is -2.15. The summed E-state index contributed by atoms with van der Waals surface area (Å²) in [5.74, 6) is 0.425. The van der Waals surface area contributed by atoms with E-state index in [-0.39, 0.29) is 36.0 Å². The zero-order chi connectivity index (χ0) is 15.8. The highest BCUT2D eigenvalue weighted by Crippen LogP contribution is 2.24. The van der Waals surface area contributed by atoms with E-state index >= 15 is 0 Å². The Morgan fingerprint density at radius 3 is 2.68 bits per heavy atom. The summed E-state index contributed by atoms with van der Waals surface area (Å²) in [7, 11) is 1.73. The van der Waals surface area contributed by atoms with Crippen molar-refractivity contribution >= 4 is 47.2 Å². The molecule has 0 spiro atoms. The van der Waals surface area contributed by atoms with Gasteiger partial charge in [0.05, 0.1) is 18.3 Å². The molecule has 1 unspecified atom stereocenters. The normalized spacial score (nSPS) is 12.3. The highest BCUT2D eigenvalue weighted by molar-refractivity contribution is 14.0. The first kappa shape index (κ1) is 21.1. The SMILES string of the molecule is CCCNC(=NC)NC(C)c1nc(C)c(C(=O)OCC)s1.I. The van der Waals surface area contributed by atoms with Crippen molar-refractivity contribution < 1.29 is 9.53 Å². The van der Waals surface area contributed by atoms with Crippen molar-refractivity contribution in [2.75, 3.05) is 20.2 Å². The molecule has 22 heavy (non-hydrogen) atoms. The molecule has 0 fully saturated rings. The van der Waals surface area contributed by atoms with Crippen molar-refractivity contribution in [2.45, 2.75) is 40.2 Å². The van der Waals surface area contributed by atoms with Crippen LogP contribution < -0.4 is 10.6 Å². The summed E-state index contributed by atoms with van der Waals surface area (Å²) in [6.45, 7) is 8.93. The number of hydrogen-bond acceptors (Lipinski definition) is 5.